The second-order valence-electron chi connectivity index (χ2n) is 8.05. The zero-order valence-electron chi connectivity index (χ0n) is 19.0. The van der Waals surface area contributed by atoms with E-state index in [1.165, 1.54) is 5.56 Å². The van der Waals surface area contributed by atoms with Gasteiger partial charge in [-0.2, -0.15) is 0 Å². The summed E-state index contributed by atoms with van der Waals surface area (Å²) in [6, 6.07) is 13.2. The average molecular weight is 411 g/mol. The van der Waals surface area contributed by atoms with E-state index in [4.69, 9.17) is 4.74 Å². The molecule has 0 aliphatic carbocycles. The normalized spacial score (nSPS) is 11.8. The Kier molecular flexibility index (Phi) is 8.46. The third kappa shape index (κ3) is 6.34. The highest BCUT2D eigenvalue weighted by molar-refractivity contribution is 5.88. The molecular weight excluding hydrogens is 376 g/mol. The van der Waals surface area contributed by atoms with Crippen LogP contribution in [0.5, 0.6) is 5.75 Å². The number of methoxy groups -OCH3 is 1. The first-order valence-electron chi connectivity index (χ1n) is 10.5. The van der Waals surface area contributed by atoms with E-state index in [0.29, 0.717) is 13.0 Å². The zero-order chi connectivity index (χ0) is 22.3. The maximum absolute atomic E-state index is 13.3. The van der Waals surface area contributed by atoms with Crippen LogP contribution in [0.25, 0.3) is 0 Å². The van der Waals surface area contributed by atoms with E-state index < -0.39 is 6.04 Å². The molecule has 0 aliphatic heterocycles. The molecule has 5 nitrogen and oxygen atoms in total. The number of ether oxygens (including phenoxy) is 1. The number of rotatable bonds is 9. The van der Waals surface area contributed by atoms with Gasteiger partial charge in [0.2, 0.25) is 11.8 Å². The number of carbonyl (C=O) groups is 2. The van der Waals surface area contributed by atoms with Gasteiger partial charge >= 0.3 is 0 Å². The van der Waals surface area contributed by atoms with E-state index in [2.05, 4.69) is 12.2 Å². The largest absolute Gasteiger partial charge is 0.497 e. The fourth-order valence-corrected chi connectivity index (χ4v) is 3.42. The Labute approximate surface area is 180 Å². The van der Waals surface area contributed by atoms with Gasteiger partial charge in [-0.15, -0.1) is 0 Å². The summed E-state index contributed by atoms with van der Waals surface area (Å²) in [5, 5.41) is 2.96. The quantitative estimate of drug-likeness (QED) is 0.674. The monoisotopic (exact) mass is 410 g/mol. The summed E-state index contributed by atoms with van der Waals surface area (Å²) in [6.45, 7) is 10.3. The minimum Gasteiger partial charge on any atom is -0.497 e. The SMILES string of the molecule is CC[C@@H](C(=O)NC(C)C)N(Cc1ccc(OC)cc1)C(=O)Cc1ccc(C)c(C)c1. The second-order valence-corrected chi connectivity index (χ2v) is 8.05. The molecule has 0 spiro atoms. The van der Waals surface area contributed by atoms with E-state index in [0.717, 1.165) is 22.4 Å². The molecule has 0 saturated heterocycles. The highest BCUT2D eigenvalue weighted by Gasteiger charge is 2.29. The molecule has 1 N–H and O–H groups in total. The van der Waals surface area contributed by atoms with Gasteiger partial charge in [-0.1, -0.05) is 37.3 Å². The number of hydrogen-bond acceptors (Lipinski definition) is 3. The fraction of sp³-hybridized carbons (Fsp3) is 0.440. The number of nitrogens with zero attached hydrogens (tertiary/aromatic N) is 1. The van der Waals surface area contributed by atoms with Gasteiger partial charge < -0.3 is 15.0 Å². The Morgan fingerprint density at radius 1 is 1.00 bits per heavy atom. The van der Waals surface area contributed by atoms with Crippen molar-refractivity contribution in [1.29, 1.82) is 0 Å². The highest BCUT2D eigenvalue weighted by Crippen LogP contribution is 2.18. The van der Waals surface area contributed by atoms with Crippen LogP contribution in [0.3, 0.4) is 0 Å². The van der Waals surface area contributed by atoms with Gasteiger partial charge in [0.1, 0.15) is 11.8 Å². The number of carbonyl (C=O) groups excluding carboxylic acids is 2. The van der Waals surface area contributed by atoms with Crippen molar-refractivity contribution in [3.8, 4) is 5.75 Å². The summed E-state index contributed by atoms with van der Waals surface area (Å²) in [6.07, 6.45) is 0.816. The van der Waals surface area contributed by atoms with Crippen molar-refractivity contribution in [2.45, 2.75) is 66.1 Å². The first-order valence-corrected chi connectivity index (χ1v) is 10.5. The molecule has 0 heterocycles. The Balaban J connectivity index is 2.30. The number of amides is 2. The standard InChI is InChI=1S/C25H34N2O3/c1-7-23(25(29)26-17(2)3)27(16-20-10-12-22(30-6)13-11-20)24(28)15-21-9-8-18(4)19(5)14-21/h8-14,17,23H,7,15-16H2,1-6H3,(H,26,29)/t23-/m0/s1. The van der Waals surface area contributed by atoms with E-state index in [9.17, 15) is 9.59 Å². The second kappa shape index (κ2) is 10.8. The average Bonchev–Trinajstić information content (AvgIpc) is 2.70. The van der Waals surface area contributed by atoms with Crippen molar-refractivity contribution < 1.29 is 14.3 Å². The summed E-state index contributed by atoms with van der Waals surface area (Å²) >= 11 is 0. The molecule has 0 unspecified atom stereocenters. The van der Waals surface area contributed by atoms with Crippen molar-refractivity contribution in [2.24, 2.45) is 0 Å². The molecule has 0 aliphatic rings. The summed E-state index contributed by atoms with van der Waals surface area (Å²) in [5.74, 6) is 0.589. The molecular formula is C25H34N2O3. The predicted octanol–water partition coefficient (Wildman–Crippen LogP) is 4.19. The molecule has 0 saturated carbocycles. The van der Waals surface area contributed by atoms with Crippen LogP contribution in [0.4, 0.5) is 0 Å². The molecule has 2 rings (SSSR count). The van der Waals surface area contributed by atoms with Crippen molar-refractivity contribution in [3.63, 3.8) is 0 Å². The molecule has 2 amide bonds. The Bertz CT molecular complexity index is 859. The van der Waals surface area contributed by atoms with Crippen molar-refractivity contribution in [3.05, 3.63) is 64.7 Å². The molecule has 0 aromatic heterocycles. The Morgan fingerprint density at radius 3 is 2.17 bits per heavy atom. The van der Waals surface area contributed by atoms with Crippen LogP contribution in [-0.2, 0) is 22.6 Å². The van der Waals surface area contributed by atoms with Crippen LogP contribution in [0, 0.1) is 13.8 Å². The highest BCUT2D eigenvalue weighted by atomic mass is 16.5. The maximum atomic E-state index is 13.3. The third-order valence-corrected chi connectivity index (χ3v) is 5.26. The maximum Gasteiger partial charge on any atom is 0.243 e. The summed E-state index contributed by atoms with van der Waals surface area (Å²) in [7, 11) is 1.62. The molecule has 162 valence electrons. The lowest BCUT2D eigenvalue weighted by molar-refractivity contribution is -0.141. The van der Waals surface area contributed by atoms with Gasteiger partial charge in [0.25, 0.3) is 0 Å². The van der Waals surface area contributed by atoms with Crippen LogP contribution in [-0.4, -0.2) is 35.9 Å². The van der Waals surface area contributed by atoms with Gasteiger partial charge in [0.15, 0.2) is 0 Å². The predicted molar refractivity (Wildman–Crippen MR) is 121 cm³/mol. The minimum atomic E-state index is -0.520. The number of nitrogens with one attached hydrogen (secondary N) is 1. The van der Waals surface area contributed by atoms with E-state index in [1.807, 2.05) is 70.2 Å². The molecule has 0 radical (unpaired) electrons. The first kappa shape index (κ1) is 23.5. The van der Waals surface area contributed by atoms with Crippen molar-refractivity contribution >= 4 is 11.8 Å². The van der Waals surface area contributed by atoms with Gasteiger partial charge in [-0.05, 0) is 68.5 Å². The third-order valence-electron chi connectivity index (χ3n) is 5.26. The van der Waals surface area contributed by atoms with Gasteiger partial charge in [-0.3, -0.25) is 9.59 Å². The van der Waals surface area contributed by atoms with Crippen LogP contribution >= 0.6 is 0 Å². The topological polar surface area (TPSA) is 58.6 Å². The number of benzene rings is 2. The molecule has 5 heteroatoms. The Morgan fingerprint density at radius 2 is 1.63 bits per heavy atom. The smallest absolute Gasteiger partial charge is 0.243 e. The summed E-state index contributed by atoms with van der Waals surface area (Å²) < 4.78 is 5.23. The molecule has 0 fully saturated rings. The summed E-state index contributed by atoms with van der Waals surface area (Å²) in [5.41, 5.74) is 4.28. The van der Waals surface area contributed by atoms with Crippen molar-refractivity contribution in [2.75, 3.05) is 7.11 Å². The lowest BCUT2D eigenvalue weighted by Crippen LogP contribution is -2.50. The molecule has 2 aromatic carbocycles. The van der Waals surface area contributed by atoms with Crippen LogP contribution in [0.15, 0.2) is 42.5 Å². The van der Waals surface area contributed by atoms with Crippen LogP contribution in [0.1, 0.15) is 49.4 Å². The molecule has 2 aromatic rings. The van der Waals surface area contributed by atoms with E-state index in [1.54, 1.807) is 12.0 Å². The lowest BCUT2D eigenvalue weighted by atomic mass is 10.0. The van der Waals surface area contributed by atoms with Gasteiger partial charge in [0, 0.05) is 12.6 Å². The van der Waals surface area contributed by atoms with Crippen molar-refractivity contribution in [1.82, 2.24) is 10.2 Å². The van der Waals surface area contributed by atoms with Gasteiger partial charge in [-0.25, -0.2) is 0 Å². The van der Waals surface area contributed by atoms with Crippen LogP contribution in [0.2, 0.25) is 0 Å². The molecule has 1 atom stereocenters. The molecule has 0 bridgehead atoms. The minimum absolute atomic E-state index is 0.0178. The zero-order valence-corrected chi connectivity index (χ0v) is 19.0. The van der Waals surface area contributed by atoms with E-state index >= 15 is 0 Å². The van der Waals surface area contributed by atoms with Gasteiger partial charge in [0.05, 0.1) is 13.5 Å². The van der Waals surface area contributed by atoms with E-state index in [-0.39, 0.29) is 24.3 Å². The number of aryl methyl sites for hydroxylation is 2. The fourth-order valence-electron chi connectivity index (χ4n) is 3.42. The van der Waals surface area contributed by atoms with Crippen LogP contribution < -0.4 is 10.1 Å². The lowest BCUT2D eigenvalue weighted by Gasteiger charge is -2.31. The molecule has 30 heavy (non-hydrogen) atoms. The number of hydrogen-bond donors (Lipinski definition) is 1. The first-order chi connectivity index (χ1) is 14.2. The summed E-state index contributed by atoms with van der Waals surface area (Å²) in [4.78, 5) is 27.9. The Hall–Kier alpha value is -2.82.